The maximum absolute atomic E-state index is 5.70. The van der Waals surface area contributed by atoms with Crippen LogP contribution in [0.4, 0.5) is 5.88 Å². The fraction of sp³-hybridized carbons (Fsp3) is 0.429. The van der Waals surface area contributed by atoms with Crippen LogP contribution in [-0.2, 0) is 0 Å². The Labute approximate surface area is 60.0 Å². The third kappa shape index (κ3) is 1.14. The second kappa shape index (κ2) is 2.75. The lowest BCUT2D eigenvalue weighted by atomic mass is 10.1. The minimum atomic E-state index is 0.0127. The molecule has 0 saturated heterocycles. The first-order valence-electron chi connectivity index (χ1n) is 3.34. The Morgan fingerprint density at radius 1 is 1.70 bits per heavy atom. The summed E-state index contributed by atoms with van der Waals surface area (Å²) in [6.07, 6.45) is 2.43. The Bertz CT molecular complexity index is 207. The molecule has 1 rings (SSSR count). The smallest absolute Gasteiger partial charge is 0.194 e. The predicted octanol–water partition coefficient (Wildman–Crippen LogP) is 1.27. The third-order valence-corrected chi connectivity index (χ3v) is 1.57. The summed E-state index contributed by atoms with van der Waals surface area (Å²) in [5, 5.41) is 0. The Balaban J connectivity index is 2.82. The van der Waals surface area contributed by atoms with Gasteiger partial charge in [0.15, 0.2) is 5.88 Å². The van der Waals surface area contributed by atoms with Gasteiger partial charge < -0.3 is 15.9 Å². The molecule has 0 aliphatic carbocycles. The Morgan fingerprint density at radius 3 is 2.80 bits per heavy atom. The normalized spacial score (nSPS) is 13.4. The van der Waals surface area contributed by atoms with Crippen LogP contribution >= 0.6 is 0 Å². The van der Waals surface area contributed by atoms with E-state index in [1.165, 1.54) is 0 Å². The lowest BCUT2D eigenvalue weighted by Crippen LogP contribution is -2.09. The highest BCUT2D eigenvalue weighted by Gasteiger charge is 2.08. The molecule has 0 aliphatic rings. The van der Waals surface area contributed by atoms with Crippen molar-refractivity contribution < 1.29 is 4.42 Å². The van der Waals surface area contributed by atoms with Gasteiger partial charge in [0.1, 0.15) is 0 Å². The van der Waals surface area contributed by atoms with Gasteiger partial charge in [-0.25, -0.2) is 0 Å². The van der Waals surface area contributed by atoms with Gasteiger partial charge in [0.05, 0.1) is 6.26 Å². The highest BCUT2D eigenvalue weighted by molar-refractivity contribution is 5.37. The minimum Gasteiger partial charge on any atom is -0.449 e. The Morgan fingerprint density at radius 2 is 2.40 bits per heavy atom. The van der Waals surface area contributed by atoms with Crippen LogP contribution in [-0.4, -0.2) is 0 Å². The molecule has 1 aromatic heterocycles. The van der Waals surface area contributed by atoms with Crippen molar-refractivity contribution in [2.75, 3.05) is 5.73 Å². The average Bonchev–Trinajstić information content (AvgIpc) is 2.34. The van der Waals surface area contributed by atoms with Gasteiger partial charge in [-0.15, -0.1) is 0 Å². The van der Waals surface area contributed by atoms with Gasteiger partial charge in [-0.3, -0.25) is 0 Å². The topological polar surface area (TPSA) is 65.2 Å². The van der Waals surface area contributed by atoms with Gasteiger partial charge in [-0.1, -0.05) is 6.92 Å². The van der Waals surface area contributed by atoms with Gasteiger partial charge in [-0.05, 0) is 12.5 Å². The van der Waals surface area contributed by atoms with Gasteiger partial charge in [0.25, 0.3) is 0 Å². The van der Waals surface area contributed by atoms with Crippen molar-refractivity contribution in [2.45, 2.75) is 19.4 Å². The van der Waals surface area contributed by atoms with Crippen molar-refractivity contribution >= 4 is 5.88 Å². The van der Waals surface area contributed by atoms with Gasteiger partial charge >= 0.3 is 0 Å². The van der Waals surface area contributed by atoms with Crippen LogP contribution in [0.1, 0.15) is 24.9 Å². The van der Waals surface area contributed by atoms with E-state index in [1.807, 2.05) is 13.0 Å². The van der Waals surface area contributed by atoms with Crippen LogP contribution in [0.25, 0.3) is 0 Å². The van der Waals surface area contributed by atoms with E-state index in [1.54, 1.807) is 6.26 Å². The monoisotopic (exact) mass is 140 g/mol. The van der Waals surface area contributed by atoms with Crippen LogP contribution in [0.3, 0.4) is 0 Å². The highest BCUT2D eigenvalue weighted by atomic mass is 16.3. The lowest BCUT2D eigenvalue weighted by molar-refractivity contribution is 0.579. The molecule has 1 heterocycles. The fourth-order valence-corrected chi connectivity index (χ4v) is 0.857. The van der Waals surface area contributed by atoms with Crippen LogP contribution < -0.4 is 11.5 Å². The van der Waals surface area contributed by atoms with Crippen LogP contribution in [0, 0.1) is 0 Å². The zero-order valence-corrected chi connectivity index (χ0v) is 6.00. The van der Waals surface area contributed by atoms with Crippen molar-refractivity contribution in [1.29, 1.82) is 0 Å². The van der Waals surface area contributed by atoms with Crippen molar-refractivity contribution in [3.05, 3.63) is 17.9 Å². The number of rotatable bonds is 2. The Hall–Kier alpha value is -0.960. The molecule has 0 bridgehead atoms. The van der Waals surface area contributed by atoms with Crippen LogP contribution in [0.5, 0.6) is 0 Å². The summed E-state index contributed by atoms with van der Waals surface area (Å²) in [6.45, 7) is 2.01. The molecular formula is C7H12N2O. The molecule has 3 nitrogen and oxygen atoms in total. The Kier molecular flexibility index (Phi) is 1.97. The molecule has 0 radical (unpaired) electrons. The SMILES string of the molecule is CCC(N)c1ccoc1N. The molecule has 4 N–H and O–H groups in total. The summed E-state index contributed by atoms with van der Waals surface area (Å²) in [5.74, 6) is 0.439. The van der Waals surface area contributed by atoms with E-state index in [2.05, 4.69) is 0 Å². The molecule has 3 heteroatoms. The number of hydrogen-bond acceptors (Lipinski definition) is 3. The highest BCUT2D eigenvalue weighted by Crippen LogP contribution is 2.20. The molecule has 0 saturated carbocycles. The molecule has 0 aliphatic heterocycles. The second-order valence-electron chi connectivity index (χ2n) is 2.25. The van der Waals surface area contributed by atoms with Crippen molar-refractivity contribution in [3.8, 4) is 0 Å². The zero-order valence-electron chi connectivity index (χ0n) is 6.00. The molecule has 0 spiro atoms. The van der Waals surface area contributed by atoms with E-state index in [-0.39, 0.29) is 6.04 Å². The van der Waals surface area contributed by atoms with Gasteiger partial charge in [-0.2, -0.15) is 0 Å². The number of hydrogen-bond donors (Lipinski definition) is 2. The number of nitrogen functional groups attached to an aromatic ring is 1. The zero-order chi connectivity index (χ0) is 7.56. The van der Waals surface area contributed by atoms with E-state index in [0.717, 1.165) is 12.0 Å². The molecule has 0 amide bonds. The van der Waals surface area contributed by atoms with E-state index >= 15 is 0 Å². The molecule has 1 atom stereocenters. The number of nitrogens with two attached hydrogens (primary N) is 2. The quantitative estimate of drug-likeness (QED) is 0.650. The average molecular weight is 140 g/mol. The summed E-state index contributed by atoms with van der Waals surface area (Å²) >= 11 is 0. The van der Waals surface area contributed by atoms with E-state index in [4.69, 9.17) is 15.9 Å². The van der Waals surface area contributed by atoms with Crippen molar-refractivity contribution in [2.24, 2.45) is 5.73 Å². The third-order valence-electron chi connectivity index (χ3n) is 1.57. The molecular weight excluding hydrogens is 128 g/mol. The summed E-state index contributed by atoms with van der Waals surface area (Å²) in [5.41, 5.74) is 12.1. The standard InChI is InChI=1S/C7H12N2O/c1-2-6(8)5-3-4-10-7(5)9/h3-4,6H,2,8-9H2,1H3. The molecule has 0 fully saturated rings. The summed E-state index contributed by atoms with van der Waals surface area (Å²) < 4.78 is 4.89. The van der Waals surface area contributed by atoms with Crippen LogP contribution in [0.15, 0.2) is 16.7 Å². The van der Waals surface area contributed by atoms with Crippen molar-refractivity contribution in [1.82, 2.24) is 0 Å². The maximum Gasteiger partial charge on any atom is 0.194 e. The molecule has 1 unspecified atom stereocenters. The van der Waals surface area contributed by atoms with E-state index in [0.29, 0.717) is 5.88 Å². The van der Waals surface area contributed by atoms with E-state index in [9.17, 15) is 0 Å². The summed E-state index contributed by atoms with van der Waals surface area (Å²) in [6, 6.07) is 1.82. The summed E-state index contributed by atoms with van der Waals surface area (Å²) in [4.78, 5) is 0. The summed E-state index contributed by atoms with van der Waals surface area (Å²) in [7, 11) is 0. The van der Waals surface area contributed by atoms with Gasteiger partial charge in [0.2, 0.25) is 0 Å². The molecule has 1 aromatic rings. The first-order valence-corrected chi connectivity index (χ1v) is 3.34. The largest absolute Gasteiger partial charge is 0.449 e. The van der Waals surface area contributed by atoms with Gasteiger partial charge in [0, 0.05) is 11.6 Å². The van der Waals surface area contributed by atoms with Crippen LogP contribution in [0.2, 0.25) is 0 Å². The number of furan rings is 1. The maximum atomic E-state index is 5.70. The second-order valence-corrected chi connectivity index (χ2v) is 2.25. The molecule has 10 heavy (non-hydrogen) atoms. The fourth-order valence-electron chi connectivity index (χ4n) is 0.857. The van der Waals surface area contributed by atoms with Crippen molar-refractivity contribution in [3.63, 3.8) is 0 Å². The minimum absolute atomic E-state index is 0.0127. The number of anilines is 1. The predicted molar refractivity (Wildman–Crippen MR) is 40.3 cm³/mol. The molecule has 56 valence electrons. The first kappa shape index (κ1) is 7.15. The molecule has 0 aromatic carbocycles. The first-order chi connectivity index (χ1) is 4.75. The van der Waals surface area contributed by atoms with E-state index < -0.39 is 0 Å². The lowest BCUT2D eigenvalue weighted by Gasteiger charge is -2.04.